The number of ether oxygens (including phenoxy) is 1. The van der Waals surface area contributed by atoms with Crippen molar-refractivity contribution in [3.8, 4) is 0 Å². The molecular weight excluding hydrogens is 194 g/mol. The Morgan fingerprint density at radius 2 is 2.07 bits per heavy atom. The lowest BCUT2D eigenvalue weighted by Crippen LogP contribution is -2.16. The van der Waals surface area contributed by atoms with Crippen LogP contribution in [0.1, 0.15) is 10.4 Å². The Kier molecular flexibility index (Phi) is 2.25. The summed E-state index contributed by atoms with van der Waals surface area (Å²) < 4.78 is 4.51. The predicted molar refractivity (Wildman–Crippen MR) is 55.9 cm³/mol. The van der Waals surface area contributed by atoms with E-state index in [1.54, 1.807) is 18.2 Å². The molecule has 0 amide bonds. The van der Waals surface area contributed by atoms with Crippen LogP contribution in [0.15, 0.2) is 35.3 Å². The lowest BCUT2D eigenvalue weighted by Gasteiger charge is -2.00. The number of hydrogen-bond acceptors (Lipinski definition) is 3. The van der Waals surface area contributed by atoms with Crippen LogP contribution >= 0.6 is 0 Å². The molecule has 1 heterocycles. The van der Waals surface area contributed by atoms with Gasteiger partial charge in [-0.2, -0.15) is 0 Å². The summed E-state index contributed by atoms with van der Waals surface area (Å²) in [6, 6.07) is 7.01. The monoisotopic (exact) mass is 203 g/mol. The number of esters is 1. The van der Waals surface area contributed by atoms with E-state index in [4.69, 9.17) is 0 Å². The van der Waals surface area contributed by atoms with Crippen LogP contribution in [-0.4, -0.2) is 18.1 Å². The smallest absolute Gasteiger partial charge is 0.343 e. The van der Waals surface area contributed by atoms with Crippen LogP contribution in [-0.2, 0) is 4.74 Å². The highest BCUT2D eigenvalue weighted by Crippen LogP contribution is 2.07. The van der Waals surface area contributed by atoms with Gasteiger partial charge in [-0.3, -0.25) is 4.79 Å². The van der Waals surface area contributed by atoms with Gasteiger partial charge in [-0.1, -0.05) is 12.1 Å². The van der Waals surface area contributed by atoms with Gasteiger partial charge in [-0.25, -0.2) is 4.79 Å². The van der Waals surface area contributed by atoms with Crippen molar-refractivity contribution in [2.24, 2.45) is 0 Å². The fourth-order valence-electron chi connectivity index (χ4n) is 1.43. The molecule has 0 aliphatic heterocycles. The molecule has 0 saturated carbocycles. The fraction of sp³-hybridized carbons (Fsp3) is 0.0909. The van der Waals surface area contributed by atoms with E-state index in [0.717, 1.165) is 0 Å². The molecule has 2 rings (SSSR count). The van der Waals surface area contributed by atoms with E-state index >= 15 is 0 Å². The molecule has 1 aromatic carbocycles. The van der Waals surface area contributed by atoms with E-state index in [9.17, 15) is 9.59 Å². The Morgan fingerprint density at radius 1 is 1.33 bits per heavy atom. The summed E-state index contributed by atoms with van der Waals surface area (Å²) in [5.41, 5.74) is 0.419. The number of carbonyl (C=O) groups excluding carboxylic acids is 1. The van der Waals surface area contributed by atoms with Crippen LogP contribution in [0.25, 0.3) is 10.9 Å². The molecule has 0 atom stereocenters. The number of fused-ring (bicyclic) bond motifs is 1. The van der Waals surface area contributed by atoms with Crippen molar-refractivity contribution >= 4 is 16.9 Å². The third kappa shape index (κ3) is 1.50. The molecule has 1 aromatic heterocycles. The van der Waals surface area contributed by atoms with E-state index in [0.29, 0.717) is 10.9 Å². The summed E-state index contributed by atoms with van der Waals surface area (Å²) in [4.78, 5) is 25.9. The number of aromatic amines is 1. The summed E-state index contributed by atoms with van der Waals surface area (Å²) in [7, 11) is 1.25. The SMILES string of the molecule is COC(=O)c1c[nH]c2ccccc2c1=O. The Hall–Kier alpha value is -2.10. The lowest BCUT2D eigenvalue weighted by atomic mass is 10.1. The number of benzene rings is 1. The zero-order valence-electron chi connectivity index (χ0n) is 8.11. The quantitative estimate of drug-likeness (QED) is 0.711. The third-order valence-electron chi connectivity index (χ3n) is 2.19. The standard InChI is InChI=1S/C11H9NO3/c1-15-11(14)8-6-12-9-5-3-2-4-7(9)10(8)13/h2-6H,1H3,(H,12,13). The maximum atomic E-state index is 11.8. The predicted octanol–water partition coefficient (Wildman–Crippen LogP) is 1.31. The molecule has 0 fully saturated rings. The highest BCUT2D eigenvalue weighted by molar-refractivity contribution is 5.93. The molecule has 1 N–H and O–H groups in total. The first kappa shape index (κ1) is 9.45. The van der Waals surface area contributed by atoms with E-state index in [2.05, 4.69) is 9.72 Å². The van der Waals surface area contributed by atoms with Crippen molar-refractivity contribution in [1.82, 2.24) is 4.98 Å². The second kappa shape index (κ2) is 3.57. The number of carbonyl (C=O) groups is 1. The number of pyridine rings is 1. The zero-order chi connectivity index (χ0) is 10.8. The van der Waals surface area contributed by atoms with Crippen LogP contribution in [0.2, 0.25) is 0 Å². The number of rotatable bonds is 1. The average molecular weight is 203 g/mol. The molecule has 0 spiro atoms. The van der Waals surface area contributed by atoms with E-state index in [1.807, 2.05) is 6.07 Å². The fourth-order valence-corrected chi connectivity index (χ4v) is 1.43. The average Bonchev–Trinajstić information content (AvgIpc) is 2.29. The first-order chi connectivity index (χ1) is 7.24. The molecule has 0 saturated heterocycles. The maximum Gasteiger partial charge on any atom is 0.343 e. The normalized spacial score (nSPS) is 10.2. The first-order valence-corrected chi connectivity index (χ1v) is 4.43. The summed E-state index contributed by atoms with van der Waals surface area (Å²) in [5, 5.41) is 0.486. The van der Waals surface area contributed by atoms with E-state index < -0.39 is 5.97 Å². The van der Waals surface area contributed by atoms with Crippen LogP contribution in [0, 0.1) is 0 Å². The van der Waals surface area contributed by atoms with Gasteiger partial charge in [0.25, 0.3) is 0 Å². The van der Waals surface area contributed by atoms with Crippen molar-refractivity contribution in [3.63, 3.8) is 0 Å². The number of nitrogens with one attached hydrogen (secondary N) is 1. The van der Waals surface area contributed by atoms with Gasteiger partial charge in [0, 0.05) is 17.1 Å². The maximum absolute atomic E-state index is 11.8. The minimum atomic E-state index is -0.623. The molecule has 4 nitrogen and oxygen atoms in total. The first-order valence-electron chi connectivity index (χ1n) is 4.43. The topological polar surface area (TPSA) is 59.2 Å². The van der Waals surface area contributed by atoms with Gasteiger partial charge in [0.05, 0.1) is 7.11 Å². The van der Waals surface area contributed by atoms with Crippen molar-refractivity contribution < 1.29 is 9.53 Å². The minimum absolute atomic E-state index is 0.0243. The number of H-pyrrole nitrogens is 1. The van der Waals surface area contributed by atoms with Gasteiger partial charge < -0.3 is 9.72 Å². The number of hydrogen-bond donors (Lipinski definition) is 1. The second-order valence-electron chi connectivity index (χ2n) is 3.07. The number of para-hydroxylation sites is 1. The van der Waals surface area contributed by atoms with Gasteiger partial charge in [0.15, 0.2) is 0 Å². The molecule has 2 aromatic rings. The van der Waals surface area contributed by atoms with Gasteiger partial charge in [0.1, 0.15) is 5.56 Å². The number of methoxy groups -OCH3 is 1. The van der Waals surface area contributed by atoms with Gasteiger partial charge in [-0.05, 0) is 12.1 Å². The highest BCUT2D eigenvalue weighted by Gasteiger charge is 2.12. The summed E-state index contributed by atoms with van der Waals surface area (Å²) in [6.45, 7) is 0. The van der Waals surface area contributed by atoms with Crippen molar-refractivity contribution in [2.45, 2.75) is 0 Å². The van der Waals surface area contributed by atoms with Crippen LogP contribution in [0.5, 0.6) is 0 Å². The van der Waals surface area contributed by atoms with Crippen LogP contribution < -0.4 is 5.43 Å². The molecule has 0 radical (unpaired) electrons. The van der Waals surface area contributed by atoms with Gasteiger partial charge in [-0.15, -0.1) is 0 Å². The minimum Gasteiger partial charge on any atom is -0.465 e. The Labute approximate surface area is 85.5 Å². The Balaban J connectivity index is 2.76. The molecule has 15 heavy (non-hydrogen) atoms. The van der Waals surface area contributed by atoms with Crippen LogP contribution in [0.4, 0.5) is 0 Å². The van der Waals surface area contributed by atoms with Gasteiger partial charge in [0.2, 0.25) is 5.43 Å². The molecule has 0 unspecified atom stereocenters. The zero-order valence-corrected chi connectivity index (χ0v) is 8.11. The number of aromatic nitrogens is 1. The van der Waals surface area contributed by atoms with Crippen molar-refractivity contribution in [2.75, 3.05) is 7.11 Å². The highest BCUT2D eigenvalue weighted by atomic mass is 16.5. The summed E-state index contributed by atoms with van der Waals surface area (Å²) >= 11 is 0. The lowest BCUT2D eigenvalue weighted by molar-refractivity contribution is 0.0599. The molecule has 4 heteroatoms. The van der Waals surface area contributed by atoms with E-state index in [-0.39, 0.29) is 11.0 Å². The van der Waals surface area contributed by atoms with Gasteiger partial charge >= 0.3 is 5.97 Å². The molecular formula is C11H9NO3. The summed E-state index contributed by atoms with van der Waals surface area (Å²) in [5.74, 6) is -0.623. The molecule has 0 aliphatic rings. The second-order valence-corrected chi connectivity index (χ2v) is 3.07. The Bertz CT molecular complexity index is 571. The molecule has 0 bridgehead atoms. The Morgan fingerprint density at radius 3 is 2.80 bits per heavy atom. The van der Waals surface area contributed by atoms with Crippen LogP contribution in [0.3, 0.4) is 0 Å². The summed E-state index contributed by atoms with van der Waals surface area (Å²) in [6.07, 6.45) is 1.37. The van der Waals surface area contributed by atoms with E-state index in [1.165, 1.54) is 13.3 Å². The van der Waals surface area contributed by atoms with Crippen molar-refractivity contribution in [3.05, 3.63) is 46.2 Å². The third-order valence-corrected chi connectivity index (χ3v) is 2.19. The van der Waals surface area contributed by atoms with Crippen molar-refractivity contribution in [1.29, 1.82) is 0 Å². The molecule has 0 aliphatic carbocycles. The largest absolute Gasteiger partial charge is 0.465 e. The molecule has 76 valence electrons.